The normalized spacial score (nSPS) is 10.8. The van der Waals surface area contributed by atoms with E-state index in [-0.39, 0.29) is 0 Å². The lowest BCUT2D eigenvalue weighted by atomic mass is 10.1. The van der Waals surface area contributed by atoms with Gasteiger partial charge in [0.05, 0.1) is 6.26 Å². The Morgan fingerprint density at radius 3 is 2.71 bits per heavy atom. The first kappa shape index (κ1) is 9.13. The van der Waals surface area contributed by atoms with E-state index in [0.717, 1.165) is 17.8 Å². The summed E-state index contributed by atoms with van der Waals surface area (Å²) in [6.45, 7) is 7.21. The molecule has 0 aliphatic rings. The summed E-state index contributed by atoms with van der Waals surface area (Å²) in [5, 5.41) is 4.53. The second-order valence-electron chi connectivity index (χ2n) is 3.61. The number of hydrogen-bond donors (Lipinski definition) is 1. The van der Waals surface area contributed by atoms with E-state index < -0.39 is 0 Å². The fourth-order valence-corrected chi connectivity index (χ4v) is 1.69. The Labute approximate surface area is 83.9 Å². The van der Waals surface area contributed by atoms with Crippen LogP contribution in [0, 0.1) is 13.8 Å². The molecule has 1 aromatic carbocycles. The summed E-state index contributed by atoms with van der Waals surface area (Å²) < 4.78 is 5.45. The molecule has 0 amide bonds. The molecule has 0 bridgehead atoms. The molecule has 0 atom stereocenters. The first-order valence-corrected chi connectivity index (χ1v) is 4.94. The molecule has 2 rings (SSSR count). The predicted octanol–water partition coefficient (Wildman–Crippen LogP) is 3.48. The molecule has 0 saturated carbocycles. The summed E-state index contributed by atoms with van der Waals surface area (Å²) in [7, 11) is 0. The summed E-state index contributed by atoms with van der Waals surface area (Å²) in [6.07, 6.45) is 1.81. The first-order valence-electron chi connectivity index (χ1n) is 4.94. The molecule has 2 aromatic rings. The summed E-state index contributed by atoms with van der Waals surface area (Å²) >= 11 is 0. The van der Waals surface area contributed by atoms with E-state index in [1.54, 1.807) is 6.26 Å². The number of benzene rings is 1. The lowest BCUT2D eigenvalue weighted by Gasteiger charge is -2.06. The van der Waals surface area contributed by atoms with Crippen LogP contribution in [0.4, 0.5) is 5.69 Å². The van der Waals surface area contributed by atoms with Crippen LogP contribution in [0.25, 0.3) is 11.0 Å². The molecule has 0 aliphatic carbocycles. The zero-order valence-electron chi connectivity index (χ0n) is 8.85. The van der Waals surface area contributed by atoms with Crippen molar-refractivity contribution in [1.29, 1.82) is 0 Å². The standard InChI is InChI=1S/C12H15NO/c1-4-13-11-6-12-10(5-8(11)2)9(3)7-14-12/h5-7,13H,4H2,1-3H3. The first-order chi connectivity index (χ1) is 6.72. The minimum Gasteiger partial charge on any atom is -0.464 e. The molecule has 0 fully saturated rings. The maximum Gasteiger partial charge on any atom is 0.136 e. The Bertz CT molecular complexity index is 457. The highest BCUT2D eigenvalue weighted by Crippen LogP contribution is 2.26. The van der Waals surface area contributed by atoms with Crippen LogP contribution in [0.1, 0.15) is 18.1 Å². The molecule has 1 N–H and O–H groups in total. The van der Waals surface area contributed by atoms with E-state index in [2.05, 4.69) is 38.2 Å². The average molecular weight is 189 g/mol. The van der Waals surface area contributed by atoms with E-state index >= 15 is 0 Å². The minimum atomic E-state index is 0.937. The maximum atomic E-state index is 5.45. The third-order valence-corrected chi connectivity index (χ3v) is 2.48. The topological polar surface area (TPSA) is 25.2 Å². The van der Waals surface area contributed by atoms with E-state index in [9.17, 15) is 0 Å². The van der Waals surface area contributed by atoms with Crippen LogP contribution in [-0.4, -0.2) is 6.54 Å². The van der Waals surface area contributed by atoms with Crippen molar-refractivity contribution >= 4 is 16.7 Å². The third-order valence-electron chi connectivity index (χ3n) is 2.48. The second kappa shape index (κ2) is 3.37. The Kier molecular flexibility index (Phi) is 2.20. The molecule has 2 nitrogen and oxygen atoms in total. The number of furan rings is 1. The van der Waals surface area contributed by atoms with Crippen LogP contribution in [-0.2, 0) is 0 Å². The minimum absolute atomic E-state index is 0.937. The van der Waals surface area contributed by atoms with Gasteiger partial charge in [-0.15, -0.1) is 0 Å². The van der Waals surface area contributed by atoms with Crippen molar-refractivity contribution in [2.45, 2.75) is 20.8 Å². The Morgan fingerprint density at radius 2 is 2.00 bits per heavy atom. The number of nitrogens with one attached hydrogen (secondary N) is 1. The van der Waals surface area contributed by atoms with Crippen molar-refractivity contribution in [3.63, 3.8) is 0 Å². The molecule has 1 aromatic heterocycles. The van der Waals surface area contributed by atoms with Crippen molar-refractivity contribution in [2.75, 3.05) is 11.9 Å². The van der Waals surface area contributed by atoms with Gasteiger partial charge in [-0.3, -0.25) is 0 Å². The van der Waals surface area contributed by atoms with Crippen LogP contribution in [0.15, 0.2) is 22.8 Å². The van der Waals surface area contributed by atoms with Crippen molar-refractivity contribution < 1.29 is 4.42 Å². The monoisotopic (exact) mass is 189 g/mol. The fraction of sp³-hybridized carbons (Fsp3) is 0.333. The van der Waals surface area contributed by atoms with Crippen LogP contribution < -0.4 is 5.32 Å². The van der Waals surface area contributed by atoms with Gasteiger partial charge >= 0.3 is 0 Å². The molecule has 1 heterocycles. The second-order valence-corrected chi connectivity index (χ2v) is 3.61. The average Bonchev–Trinajstić information content (AvgIpc) is 2.50. The number of fused-ring (bicyclic) bond motifs is 1. The molecule has 74 valence electrons. The van der Waals surface area contributed by atoms with Gasteiger partial charge in [0.15, 0.2) is 0 Å². The molecule has 0 radical (unpaired) electrons. The van der Waals surface area contributed by atoms with Gasteiger partial charge in [0.2, 0.25) is 0 Å². The SMILES string of the molecule is CCNc1cc2occ(C)c2cc1C. The molecule has 0 saturated heterocycles. The van der Waals surface area contributed by atoms with Gasteiger partial charge in [-0.05, 0) is 38.0 Å². The highest BCUT2D eigenvalue weighted by atomic mass is 16.3. The summed E-state index contributed by atoms with van der Waals surface area (Å²) in [5.74, 6) is 0. The zero-order valence-corrected chi connectivity index (χ0v) is 8.85. The van der Waals surface area contributed by atoms with Gasteiger partial charge in [-0.2, -0.15) is 0 Å². The smallest absolute Gasteiger partial charge is 0.136 e. The molecule has 0 aliphatic heterocycles. The van der Waals surface area contributed by atoms with Crippen molar-refractivity contribution in [1.82, 2.24) is 0 Å². The van der Waals surface area contributed by atoms with Gasteiger partial charge < -0.3 is 9.73 Å². The maximum absolute atomic E-state index is 5.45. The highest BCUT2D eigenvalue weighted by molar-refractivity contribution is 5.85. The predicted molar refractivity (Wildman–Crippen MR) is 59.9 cm³/mol. The van der Waals surface area contributed by atoms with E-state index in [0.29, 0.717) is 0 Å². The zero-order chi connectivity index (χ0) is 10.1. The summed E-state index contributed by atoms with van der Waals surface area (Å²) in [6, 6.07) is 4.24. The van der Waals surface area contributed by atoms with Gasteiger partial charge in [-0.25, -0.2) is 0 Å². The van der Waals surface area contributed by atoms with E-state index in [4.69, 9.17) is 4.42 Å². The van der Waals surface area contributed by atoms with Crippen molar-refractivity contribution in [3.05, 3.63) is 29.5 Å². The number of hydrogen-bond acceptors (Lipinski definition) is 2. The van der Waals surface area contributed by atoms with Crippen LogP contribution >= 0.6 is 0 Å². The third kappa shape index (κ3) is 1.37. The highest BCUT2D eigenvalue weighted by Gasteiger charge is 2.05. The molecule has 2 heteroatoms. The molecular weight excluding hydrogens is 174 g/mol. The van der Waals surface area contributed by atoms with E-state index in [1.165, 1.54) is 16.5 Å². The number of rotatable bonds is 2. The molecule has 0 unspecified atom stereocenters. The van der Waals surface area contributed by atoms with Crippen LogP contribution in [0.5, 0.6) is 0 Å². The van der Waals surface area contributed by atoms with Crippen molar-refractivity contribution in [2.24, 2.45) is 0 Å². The number of anilines is 1. The Hall–Kier alpha value is -1.44. The molecule has 14 heavy (non-hydrogen) atoms. The van der Waals surface area contributed by atoms with Crippen LogP contribution in [0.3, 0.4) is 0 Å². The van der Waals surface area contributed by atoms with Gasteiger partial charge in [-0.1, -0.05) is 0 Å². The Balaban J connectivity index is 2.60. The lowest BCUT2D eigenvalue weighted by Crippen LogP contribution is -1.98. The van der Waals surface area contributed by atoms with Gasteiger partial charge in [0.1, 0.15) is 5.58 Å². The van der Waals surface area contributed by atoms with Gasteiger partial charge in [0, 0.05) is 23.7 Å². The van der Waals surface area contributed by atoms with Crippen molar-refractivity contribution in [3.8, 4) is 0 Å². The summed E-state index contributed by atoms with van der Waals surface area (Å²) in [4.78, 5) is 0. The molecule has 0 spiro atoms. The van der Waals surface area contributed by atoms with E-state index in [1.807, 2.05) is 0 Å². The Morgan fingerprint density at radius 1 is 1.21 bits per heavy atom. The molecular formula is C12H15NO. The largest absolute Gasteiger partial charge is 0.464 e. The number of aryl methyl sites for hydroxylation is 2. The summed E-state index contributed by atoms with van der Waals surface area (Å²) in [5.41, 5.74) is 4.59. The van der Waals surface area contributed by atoms with Crippen LogP contribution in [0.2, 0.25) is 0 Å². The van der Waals surface area contributed by atoms with Gasteiger partial charge in [0.25, 0.3) is 0 Å². The fourth-order valence-electron chi connectivity index (χ4n) is 1.69. The quantitative estimate of drug-likeness (QED) is 0.782. The lowest BCUT2D eigenvalue weighted by molar-refractivity contribution is 0.613.